The molecule has 0 amide bonds. The van der Waals surface area contributed by atoms with Crippen LogP contribution in [-0.2, 0) is 10.2 Å². The molecule has 2 rings (SSSR count). The standard InChI is InChI=1S/C16H20ClFO/c1-11-5-4-8-15(2,3)16(11,10-19)12-6-7-13(17)14(18)9-12/h6-7,9-11H,4-5,8H2,1-3H3/t11?,16-/m0/s1. The number of benzene rings is 1. The lowest BCUT2D eigenvalue weighted by atomic mass is 9.51. The third-order valence-electron chi connectivity index (χ3n) is 4.92. The maximum Gasteiger partial charge on any atom is 0.142 e. The van der Waals surface area contributed by atoms with Crippen molar-refractivity contribution in [2.24, 2.45) is 11.3 Å². The predicted molar refractivity (Wildman–Crippen MR) is 75.9 cm³/mol. The lowest BCUT2D eigenvalue weighted by Crippen LogP contribution is -2.51. The van der Waals surface area contributed by atoms with E-state index in [0.29, 0.717) is 0 Å². The molecule has 1 aromatic carbocycles. The lowest BCUT2D eigenvalue weighted by Gasteiger charge is -2.51. The van der Waals surface area contributed by atoms with E-state index in [1.54, 1.807) is 12.1 Å². The zero-order valence-electron chi connectivity index (χ0n) is 11.7. The Hall–Kier alpha value is -0.890. The first-order valence-electron chi connectivity index (χ1n) is 6.77. The van der Waals surface area contributed by atoms with E-state index in [0.717, 1.165) is 31.1 Å². The molecule has 2 atom stereocenters. The molecule has 0 radical (unpaired) electrons. The highest BCUT2D eigenvalue weighted by molar-refractivity contribution is 6.30. The van der Waals surface area contributed by atoms with Crippen LogP contribution in [0.1, 0.15) is 45.6 Å². The minimum absolute atomic E-state index is 0.103. The van der Waals surface area contributed by atoms with Crippen LogP contribution in [0.2, 0.25) is 5.02 Å². The Bertz CT molecular complexity index is 498. The molecule has 104 valence electrons. The summed E-state index contributed by atoms with van der Waals surface area (Å²) >= 11 is 5.75. The summed E-state index contributed by atoms with van der Waals surface area (Å²) in [6, 6.07) is 4.78. The van der Waals surface area contributed by atoms with E-state index in [9.17, 15) is 9.18 Å². The number of aldehydes is 1. The third kappa shape index (κ3) is 2.10. The van der Waals surface area contributed by atoms with Gasteiger partial charge in [-0.1, -0.05) is 44.9 Å². The maximum atomic E-state index is 13.8. The van der Waals surface area contributed by atoms with Gasteiger partial charge in [0.1, 0.15) is 12.1 Å². The minimum Gasteiger partial charge on any atom is -0.302 e. The van der Waals surface area contributed by atoms with Crippen LogP contribution in [-0.4, -0.2) is 6.29 Å². The third-order valence-corrected chi connectivity index (χ3v) is 5.23. The molecular weight excluding hydrogens is 263 g/mol. The molecule has 1 nitrogen and oxygen atoms in total. The summed E-state index contributed by atoms with van der Waals surface area (Å²) in [5, 5.41) is 0.103. The van der Waals surface area contributed by atoms with Crippen molar-refractivity contribution < 1.29 is 9.18 Å². The number of carbonyl (C=O) groups excluding carboxylic acids is 1. The van der Waals surface area contributed by atoms with Crippen molar-refractivity contribution in [3.05, 3.63) is 34.6 Å². The molecule has 0 aromatic heterocycles. The molecule has 0 spiro atoms. The van der Waals surface area contributed by atoms with Crippen LogP contribution in [0.5, 0.6) is 0 Å². The summed E-state index contributed by atoms with van der Waals surface area (Å²) < 4.78 is 13.8. The van der Waals surface area contributed by atoms with Crippen molar-refractivity contribution in [3.8, 4) is 0 Å². The topological polar surface area (TPSA) is 17.1 Å². The molecule has 1 saturated carbocycles. The van der Waals surface area contributed by atoms with Gasteiger partial charge in [0.2, 0.25) is 0 Å². The second-order valence-corrected chi connectivity index (χ2v) is 6.70. The monoisotopic (exact) mass is 282 g/mol. The zero-order chi connectivity index (χ0) is 14.3. The van der Waals surface area contributed by atoms with Gasteiger partial charge < -0.3 is 4.79 Å². The molecule has 0 heterocycles. The summed E-state index contributed by atoms with van der Waals surface area (Å²) in [5.41, 5.74) is -0.0507. The van der Waals surface area contributed by atoms with E-state index in [4.69, 9.17) is 11.6 Å². The quantitative estimate of drug-likeness (QED) is 0.715. The largest absolute Gasteiger partial charge is 0.302 e. The second-order valence-electron chi connectivity index (χ2n) is 6.29. The molecular formula is C16H20ClFO. The normalized spacial score (nSPS) is 30.1. The summed E-state index contributed by atoms with van der Waals surface area (Å²) in [4.78, 5) is 11.9. The molecule has 1 aliphatic carbocycles. The fourth-order valence-electron chi connectivity index (χ4n) is 3.72. The molecule has 0 aliphatic heterocycles. The number of hydrogen-bond donors (Lipinski definition) is 0. The highest BCUT2D eigenvalue weighted by atomic mass is 35.5. The molecule has 1 aliphatic rings. The Morgan fingerprint density at radius 2 is 2.11 bits per heavy atom. The predicted octanol–water partition coefficient (Wildman–Crippen LogP) is 4.76. The number of hydrogen-bond acceptors (Lipinski definition) is 1. The van der Waals surface area contributed by atoms with Crippen molar-refractivity contribution in [2.75, 3.05) is 0 Å². The first kappa shape index (κ1) is 14.5. The number of carbonyl (C=O) groups is 1. The fraction of sp³-hybridized carbons (Fsp3) is 0.562. The van der Waals surface area contributed by atoms with E-state index in [1.807, 2.05) is 0 Å². The highest BCUT2D eigenvalue weighted by Crippen LogP contribution is 2.53. The van der Waals surface area contributed by atoms with Gasteiger partial charge >= 0.3 is 0 Å². The van der Waals surface area contributed by atoms with Gasteiger partial charge in [0.25, 0.3) is 0 Å². The van der Waals surface area contributed by atoms with Crippen LogP contribution in [0.3, 0.4) is 0 Å². The van der Waals surface area contributed by atoms with Gasteiger partial charge in [-0.3, -0.25) is 0 Å². The Morgan fingerprint density at radius 3 is 2.63 bits per heavy atom. The van der Waals surface area contributed by atoms with Gasteiger partial charge in [0.15, 0.2) is 0 Å². The molecule has 1 aromatic rings. The van der Waals surface area contributed by atoms with Crippen LogP contribution >= 0.6 is 11.6 Å². The van der Waals surface area contributed by atoms with Gasteiger partial charge in [0, 0.05) is 0 Å². The van der Waals surface area contributed by atoms with Crippen LogP contribution in [0.4, 0.5) is 4.39 Å². The van der Waals surface area contributed by atoms with E-state index < -0.39 is 11.2 Å². The zero-order valence-corrected chi connectivity index (χ0v) is 12.4. The molecule has 0 N–H and O–H groups in total. The molecule has 0 bridgehead atoms. The Morgan fingerprint density at radius 1 is 1.42 bits per heavy atom. The van der Waals surface area contributed by atoms with E-state index in [2.05, 4.69) is 20.8 Å². The SMILES string of the molecule is CC1CCCC(C)(C)[C@]1(C=O)c1ccc(Cl)c(F)c1. The van der Waals surface area contributed by atoms with Gasteiger partial charge in [-0.25, -0.2) is 4.39 Å². The lowest BCUT2D eigenvalue weighted by molar-refractivity contribution is -0.121. The Labute approximate surface area is 119 Å². The van der Waals surface area contributed by atoms with E-state index in [1.165, 1.54) is 6.07 Å². The van der Waals surface area contributed by atoms with Gasteiger partial charge in [0.05, 0.1) is 10.4 Å². The van der Waals surface area contributed by atoms with Crippen LogP contribution < -0.4 is 0 Å². The van der Waals surface area contributed by atoms with Crippen LogP contribution in [0.25, 0.3) is 0 Å². The average molecular weight is 283 g/mol. The number of halogens is 2. The molecule has 1 fully saturated rings. The molecule has 19 heavy (non-hydrogen) atoms. The first-order chi connectivity index (χ1) is 8.85. The maximum absolute atomic E-state index is 13.8. The van der Waals surface area contributed by atoms with Crippen molar-refractivity contribution >= 4 is 17.9 Å². The Kier molecular flexibility index (Phi) is 3.74. The van der Waals surface area contributed by atoms with Crippen LogP contribution in [0.15, 0.2) is 18.2 Å². The summed E-state index contributed by atoms with van der Waals surface area (Å²) in [5.74, 6) is -0.247. The molecule has 0 saturated heterocycles. The first-order valence-corrected chi connectivity index (χ1v) is 7.15. The van der Waals surface area contributed by atoms with Gasteiger partial charge in [-0.05, 0) is 41.9 Å². The van der Waals surface area contributed by atoms with E-state index in [-0.39, 0.29) is 16.4 Å². The molecule has 1 unspecified atom stereocenters. The Balaban J connectivity index is 2.62. The average Bonchev–Trinajstić information content (AvgIpc) is 2.33. The van der Waals surface area contributed by atoms with Crippen molar-refractivity contribution in [2.45, 2.75) is 45.4 Å². The van der Waals surface area contributed by atoms with Crippen molar-refractivity contribution in [1.82, 2.24) is 0 Å². The minimum atomic E-state index is -0.628. The van der Waals surface area contributed by atoms with E-state index >= 15 is 0 Å². The van der Waals surface area contributed by atoms with Gasteiger partial charge in [-0.2, -0.15) is 0 Å². The van der Waals surface area contributed by atoms with Crippen molar-refractivity contribution in [3.63, 3.8) is 0 Å². The van der Waals surface area contributed by atoms with Crippen LogP contribution in [0, 0.1) is 17.2 Å². The molecule has 3 heteroatoms. The highest BCUT2D eigenvalue weighted by Gasteiger charge is 2.52. The van der Waals surface area contributed by atoms with Crippen molar-refractivity contribution in [1.29, 1.82) is 0 Å². The fourth-order valence-corrected chi connectivity index (χ4v) is 3.84. The summed E-state index contributed by atoms with van der Waals surface area (Å²) in [7, 11) is 0. The second kappa shape index (κ2) is 4.90. The summed E-state index contributed by atoms with van der Waals surface area (Å²) in [6.45, 7) is 6.29. The smallest absolute Gasteiger partial charge is 0.142 e. The number of rotatable bonds is 2. The summed E-state index contributed by atoms with van der Waals surface area (Å²) in [6.07, 6.45) is 4.10. The van der Waals surface area contributed by atoms with Gasteiger partial charge in [-0.15, -0.1) is 0 Å².